The molecule has 4 atom stereocenters. The molecule has 27 heavy (non-hydrogen) atoms. The van der Waals surface area contributed by atoms with E-state index in [2.05, 4.69) is 5.32 Å². The Labute approximate surface area is 202 Å². The number of fused-ring (bicyclic) bond motifs is 1. The number of aliphatic carboxylic acids is 2. The molecule has 2 heterocycles. The normalized spacial score (nSPS) is 26.2. The van der Waals surface area contributed by atoms with Gasteiger partial charge >= 0.3 is 57.4 Å². The zero-order valence-corrected chi connectivity index (χ0v) is 19.0. The van der Waals surface area contributed by atoms with E-state index < -0.39 is 51.9 Å². The van der Waals surface area contributed by atoms with Crippen molar-refractivity contribution in [1.29, 1.82) is 0 Å². The maximum absolute atomic E-state index is 12.5. The molecule has 0 aliphatic carbocycles. The van der Waals surface area contributed by atoms with Crippen molar-refractivity contribution >= 4 is 35.5 Å². The number of carboxylic acids is 2. The van der Waals surface area contributed by atoms with Crippen molar-refractivity contribution in [3.05, 3.63) is 35.9 Å². The molecule has 2 N–H and O–H groups in total. The van der Waals surface area contributed by atoms with Crippen LogP contribution in [0.25, 0.3) is 0 Å². The third-order valence-electron chi connectivity index (χ3n) is 4.60. The number of carbonyl (C=O) groups is 4. The van der Waals surface area contributed by atoms with E-state index in [4.69, 9.17) is 0 Å². The molecular weight excluding hydrogens is 399 g/mol. The van der Waals surface area contributed by atoms with Crippen LogP contribution < -0.4 is 61.8 Å². The van der Waals surface area contributed by atoms with E-state index in [0.29, 0.717) is 0 Å². The summed E-state index contributed by atoms with van der Waals surface area (Å²) in [6.07, 6.45) is 0. The van der Waals surface area contributed by atoms with E-state index in [9.17, 15) is 29.4 Å². The first-order valence-corrected chi connectivity index (χ1v) is 8.82. The number of benzene rings is 1. The summed E-state index contributed by atoms with van der Waals surface area (Å²) in [6, 6.07) is 5.91. The molecule has 0 saturated carbocycles. The summed E-state index contributed by atoms with van der Waals surface area (Å²) in [5.41, 5.74) is 0.247. The number of thioether (sulfide) groups is 1. The molecule has 1 aromatic rings. The van der Waals surface area contributed by atoms with Crippen LogP contribution >= 0.6 is 11.8 Å². The molecule has 8 nitrogen and oxygen atoms in total. The maximum atomic E-state index is 12.5. The van der Waals surface area contributed by atoms with Crippen molar-refractivity contribution in [1.82, 2.24) is 10.2 Å². The molecule has 1 aromatic carbocycles. The van der Waals surface area contributed by atoms with E-state index in [1.54, 1.807) is 32.0 Å². The van der Waals surface area contributed by atoms with E-state index >= 15 is 0 Å². The topological polar surface area (TPSA) is 127 Å². The Balaban J connectivity index is 0.00000261. The molecule has 0 bridgehead atoms. The van der Waals surface area contributed by atoms with Crippen molar-refractivity contribution in [2.24, 2.45) is 0 Å². The zero-order chi connectivity index (χ0) is 19.2. The SMILES string of the molecule is CC1(C)SC2C(NC(=O)C(C(=O)[O-])c3ccccc3)C(=O)N2C1C(=O)O.[K+]. The first-order valence-electron chi connectivity index (χ1n) is 7.94. The number of amides is 2. The van der Waals surface area contributed by atoms with E-state index in [1.165, 1.54) is 28.8 Å². The van der Waals surface area contributed by atoms with Gasteiger partial charge in [-0.2, -0.15) is 0 Å². The molecule has 0 aromatic heterocycles. The third-order valence-corrected chi connectivity index (χ3v) is 6.18. The predicted molar refractivity (Wildman–Crippen MR) is 89.8 cm³/mol. The molecule has 2 fully saturated rings. The van der Waals surface area contributed by atoms with Crippen molar-refractivity contribution in [2.45, 2.75) is 42.0 Å². The summed E-state index contributed by atoms with van der Waals surface area (Å²) >= 11 is 1.27. The van der Waals surface area contributed by atoms with Gasteiger partial charge in [-0.1, -0.05) is 30.3 Å². The monoisotopic (exact) mass is 416 g/mol. The summed E-state index contributed by atoms with van der Waals surface area (Å²) in [6.45, 7) is 3.43. The quantitative estimate of drug-likeness (QED) is 0.286. The molecule has 138 valence electrons. The van der Waals surface area contributed by atoms with Crippen LogP contribution in [-0.4, -0.2) is 56.0 Å². The Kier molecular flexibility index (Phi) is 6.81. The molecule has 2 aliphatic rings. The second-order valence-electron chi connectivity index (χ2n) is 6.75. The van der Waals surface area contributed by atoms with Gasteiger partial charge in [0.05, 0.1) is 5.97 Å². The van der Waals surface area contributed by atoms with Crippen molar-refractivity contribution in [3.8, 4) is 0 Å². The van der Waals surface area contributed by atoms with Crippen LogP contribution in [0.3, 0.4) is 0 Å². The summed E-state index contributed by atoms with van der Waals surface area (Å²) in [5, 5.41) is 22.7. The average Bonchev–Trinajstić information content (AvgIpc) is 2.82. The number of hydrogen-bond donors (Lipinski definition) is 2. The Hall–Kier alpha value is -0.914. The number of rotatable bonds is 5. The Morgan fingerprint density at radius 3 is 2.37 bits per heavy atom. The summed E-state index contributed by atoms with van der Waals surface area (Å²) < 4.78 is -0.723. The van der Waals surface area contributed by atoms with Crippen LogP contribution in [0, 0.1) is 0 Å². The molecule has 4 unspecified atom stereocenters. The molecular formula is C17H17KN2O6S. The fourth-order valence-electron chi connectivity index (χ4n) is 3.42. The van der Waals surface area contributed by atoms with E-state index in [-0.39, 0.29) is 56.9 Å². The fourth-order valence-corrected chi connectivity index (χ4v) is 5.05. The number of carboxylic acid groups (broad SMARTS) is 2. The van der Waals surface area contributed by atoms with E-state index in [1.807, 2.05) is 0 Å². The Bertz CT molecular complexity index is 787. The predicted octanol–water partition coefficient (Wildman–Crippen LogP) is -3.84. The fraction of sp³-hybridized carbons (Fsp3) is 0.412. The molecule has 0 spiro atoms. The number of hydrogen-bond acceptors (Lipinski definition) is 6. The van der Waals surface area contributed by atoms with E-state index in [0.717, 1.165) is 0 Å². The smallest absolute Gasteiger partial charge is 0.549 e. The largest absolute Gasteiger partial charge is 1.00 e. The number of β-lactam (4-membered cyclic amide) rings is 1. The van der Waals surface area contributed by atoms with Crippen LogP contribution in [0.15, 0.2) is 30.3 Å². The minimum Gasteiger partial charge on any atom is -0.549 e. The first-order chi connectivity index (χ1) is 12.1. The third kappa shape index (κ3) is 3.96. The van der Waals surface area contributed by atoms with Crippen LogP contribution in [0.2, 0.25) is 0 Å². The first kappa shape index (κ1) is 22.4. The molecule has 3 rings (SSSR count). The molecule has 10 heteroatoms. The summed E-state index contributed by atoms with van der Waals surface area (Å²) in [5.74, 6) is -5.61. The minimum absolute atomic E-state index is 0. The Morgan fingerprint density at radius 1 is 1.26 bits per heavy atom. The zero-order valence-electron chi connectivity index (χ0n) is 15.0. The van der Waals surface area contributed by atoms with Gasteiger partial charge in [0.2, 0.25) is 11.8 Å². The van der Waals surface area contributed by atoms with Gasteiger partial charge in [0.1, 0.15) is 23.4 Å². The van der Waals surface area contributed by atoms with Crippen molar-refractivity contribution < 1.29 is 80.8 Å². The van der Waals surface area contributed by atoms with Crippen molar-refractivity contribution in [2.75, 3.05) is 0 Å². The summed E-state index contributed by atoms with van der Waals surface area (Å²) in [4.78, 5) is 49.0. The molecule has 2 aliphatic heterocycles. The van der Waals surface area contributed by atoms with Crippen molar-refractivity contribution in [3.63, 3.8) is 0 Å². The minimum atomic E-state index is -1.57. The molecule has 2 amide bonds. The van der Waals surface area contributed by atoms with Gasteiger partial charge in [-0.3, -0.25) is 9.59 Å². The summed E-state index contributed by atoms with van der Waals surface area (Å²) in [7, 11) is 0. The van der Waals surface area contributed by atoms with Gasteiger partial charge in [0, 0.05) is 4.75 Å². The number of nitrogens with one attached hydrogen (secondary N) is 1. The molecule has 0 radical (unpaired) electrons. The Morgan fingerprint density at radius 2 is 1.85 bits per heavy atom. The van der Waals surface area contributed by atoms with Crippen LogP contribution in [0.1, 0.15) is 25.3 Å². The van der Waals surface area contributed by atoms with Gasteiger partial charge in [-0.15, -0.1) is 11.8 Å². The maximum Gasteiger partial charge on any atom is 1.00 e. The van der Waals surface area contributed by atoms with Crippen LogP contribution in [0.4, 0.5) is 0 Å². The number of nitrogens with zero attached hydrogens (tertiary/aromatic N) is 1. The van der Waals surface area contributed by atoms with Gasteiger partial charge < -0.3 is 25.2 Å². The van der Waals surface area contributed by atoms with Gasteiger partial charge in [0.25, 0.3) is 0 Å². The second kappa shape index (κ2) is 8.22. The molecule has 2 saturated heterocycles. The van der Waals surface area contributed by atoms with Crippen LogP contribution in [-0.2, 0) is 19.2 Å². The standard InChI is InChI=1S/C17H18N2O6S.K/c1-17(2)11(16(24)25)19-13(21)10(14(19)26-17)18-12(20)9(15(22)23)8-6-4-3-5-7-8;/h3-7,9-11,14H,1-2H3,(H,18,20)(H,22,23)(H,24,25);/q;+1/p-1. The van der Waals surface area contributed by atoms with Gasteiger partial charge in [-0.25, -0.2) is 4.79 Å². The van der Waals surface area contributed by atoms with Gasteiger partial charge in [-0.05, 0) is 19.4 Å². The average molecular weight is 416 g/mol. The van der Waals surface area contributed by atoms with Gasteiger partial charge in [0.15, 0.2) is 0 Å². The number of carbonyl (C=O) groups excluding carboxylic acids is 3. The van der Waals surface area contributed by atoms with Crippen LogP contribution in [0.5, 0.6) is 0 Å². The second-order valence-corrected chi connectivity index (χ2v) is 8.52.